The number of aromatic hydroxyl groups is 1. The van der Waals surface area contributed by atoms with Crippen LogP contribution in [0.5, 0.6) is 11.5 Å². The van der Waals surface area contributed by atoms with Crippen molar-refractivity contribution in [3.8, 4) is 11.5 Å². The van der Waals surface area contributed by atoms with Gasteiger partial charge in [-0.05, 0) is 48.2 Å². The molecule has 164 valence electrons. The normalized spacial score (nSPS) is 17.6. The first-order valence-corrected chi connectivity index (χ1v) is 10.5. The first-order chi connectivity index (χ1) is 15.5. The smallest absolute Gasteiger partial charge is 0.344 e. The van der Waals surface area contributed by atoms with Crippen molar-refractivity contribution in [2.45, 2.75) is 38.9 Å². The average molecular weight is 434 g/mol. The van der Waals surface area contributed by atoms with Crippen LogP contribution in [0, 0.1) is 0 Å². The molecule has 2 aromatic carbocycles. The highest BCUT2D eigenvalue weighted by Crippen LogP contribution is 2.46. The minimum Gasteiger partial charge on any atom is -0.507 e. The number of hydrogen-bond acceptors (Lipinski definition) is 7. The highest BCUT2D eigenvalue weighted by Gasteiger charge is 2.44. The second-order valence-electron chi connectivity index (χ2n) is 7.85. The molecule has 1 aliphatic heterocycles. The maximum atomic E-state index is 13.0. The van der Waals surface area contributed by atoms with E-state index in [1.165, 1.54) is 7.11 Å². The third kappa shape index (κ3) is 2.92. The van der Waals surface area contributed by atoms with E-state index in [0.29, 0.717) is 22.1 Å². The summed E-state index contributed by atoms with van der Waals surface area (Å²) >= 11 is 0. The predicted octanol–water partition coefficient (Wildman–Crippen LogP) is 4.23. The maximum absolute atomic E-state index is 13.0. The zero-order chi connectivity index (χ0) is 22.6. The van der Waals surface area contributed by atoms with Gasteiger partial charge in [0, 0.05) is 7.11 Å². The van der Waals surface area contributed by atoms with Crippen molar-refractivity contribution in [1.29, 1.82) is 0 Å². The van der Waals surface area contributed by atoms with Gasteiger partial charge < -0.3 is 23.4 Å². The monoisotopic (exact) mass is 434 g/mol. The Balaban J connectivity index is 1.82. The molecule has 2 aromatic heterocycles. The second-order valence-corrected chi connectivity index (χ2v) is 7.85. The molecule has 0 aliphatic carbocycles. The lowest BCUT2D eigenvalue weighted by Crippen LogP contribution is -2.28. The summed E-state index contributed by atoms with van der Waals surface area (Å²) in [6, 6.07) is 10.8. The van der Waals surface area contributed by atoms with Crippen LogP contribution in [0.2, 0.25) is 0 Å². The van der Waals surface area contributed by atoms with Gasteiger partial charge in [-0.3, -0.25) is 0 Å². The fraction of sp³-hybridized carbons (Fsp3) is 0.280. The SMILES string of the molecule is CCc1ccc2oc(=O)c(C3c4c(c5cc(CC)ccc5oc4=O)OC3OC)c(O)c2c1. The highest BCUT2D eigenvalue weighted by molar-refractivity contribution is 5.88. The van der Waals surface area contributed by atoms with Crippen molar-refractivity contribution in [1.82, 2.24) is 0 Å². The Hall–Kier alpha value is -3.58. The van der Waals surface area contributed by atoms with Gasteiger partial charge in [-0.25, -0.2) is 9.59 Å². The van der Waals surface area contributed by atoms with Crippen LogP contribution in [-0.4, -0.2) is 18.5 Å². The molecule has 0 amide bonds. The van der Waals surface area contributed by atoms with Gasteiger partial charge in [-0.15, -0.1) is 0 Å². The van der Waals surface area contributed by atoms with Gasteiger partial charge in [0.15, 0.2) is 0 Å². The van der Waals surface area contributed by atoms with Gasteiger partial charge in [0.25, 0.3) is 0 Å². The molecular formula is C25H22O7. The van der Waals surface area contributed by atoms with E-state index in [1.807, 2.05) is 32.0 Å². The quantitative estimate of drug-likeness (QED) is 0.480. The minimum absolute atomic E-state index is 0.0883. The van der Waals surface area contributed by atoms with Crippen LogP contribution in [0.3, 0.4) is 0 Å². The lowest BCUT2D eigenvalue weighted by atomic mass is 9.91. The van der Waals surface area contributed by atoms with Gasteiger partial charge in [-0.1, -0.05) is 26.0 Å². The van der Waals surface area contributed by atoms with Gasteiger partial charge in [0.1, 0.15) is 22.7 Å². The molecule has 5 rings (SSSR count). The van der Waals surface area contributed by atoms with Crippen LogP contribution in [0.4, 0.5) is 0 Å². The second kappa shape index (κ2) is 7.53. The fourth-order valence-electron chi connectivity index (χ4n) is 4.38. The van der Waals surface area contributed by atoms with Crippen molar-refractivity contribution in [2.75, 3.05) is 7.11 Å². The van der Waals surface area contributed by atoms with Crippen molar-refractivity contribution in [3.63, 3.8) is 0 Å². The van der Waals surface area contributed by atoms with Crippen molar-refractivity contribution < 1.29 is 23.4 Å². The summed E-state index contributed by atoms with van der Waals surface area (Å²) in [6.45, 7) is 4.01. The number of aryl methyl sites for hydroxylation is 2. The summed E-state index contributed by atoms with van der Waals surface area (Å²) in [6.07, 6.45) is 0.523. The largest absolute Gasteiger partial charge is 0.507 e. The molecule has 7 nitrogen and oxygen atoms in total. The summed E-state index contributed by atoms with van der Waals surface area (Å²) in [7, 11) is 1.42. The Kier molecular flexibility index (Phi) is 4.78. The molecule has 1 N–H and O–H groups in total. The standard InChI is InChI=1S/C25H22O7/c1-4-12-6-8-16-14(10-12)21(26)19(23(27)30-16)18-20-22(32-25(18)29-3)15-11-13(5-2)7-9-17(15)31-24(20)28/h6-11,18,25-26H,4-5H2,1-3H3. The van der Waals surface area contributed by atoms with E-state index in [0.717, 1.165) is 24.0 Å². The maximum Gasteiger partial charge on any atom is 0.344 e. The first-order valence-electron chi connectivity index (χ1n) is 10.5. The fourth-order valence-corrected chi connectivity index (χ4v) is 4.38. The number of benzene rings is 2. The van der Waals surface area contributed by atoms with Crippen LogP contribution in [0.15, 0.2) is 54.8 Å². The summed E-state index contributed by atoms with van der Waals surface area (Å²) in [5.74, 6) is -0.965. The van der Waals surface area contributed by atoms with Crippen LogP contribution in [0.1, 0.15) is 42.0 Å². The Morgan fingerprint density at radius 3 is 2.03 bits per heavy atom. The van der Waals surface area contributed by atoms with Gasteiger partial charge in [-0.2, -0.15) is 0 Å². The highest BCUT2D eigenvalue weighted by atomic mass is 16.7. The minimum atomic E-state index is -1.01. The lowest BCUT2D eigenvalue weighted by molar-refractivity contribution is -0.0472. The molecule has 2 unspecified atom stereocenters. The molecule has 1 aliphatic rings. The van der Waals surface area contributed by atoms with Gasteiger partial charge in [0.2, 0.25) is 6.29 Å². The van der Waals surface area contributed by atoms with E-state index >= 15 is 0 Å². The summed E-state index contributed by atoms with van der Waals surface area (Å²) in [5.41, 5.74) is 1.28. The summed E-state index contributed by atoms with van der Waals surface area (Å²) in [4.78, 5) is 26.0. The third-order valence-electron chi connectivity index (χ3n) is 6.11. The average Bonchev–Trinajstić information content (AvgIpc) is 3.19. The molecule has 7 heteroatoms. The Morgan fingerprint density at radius 2 is 1.44 bits per heavy atom. The van der Waals surface area contributed by atoms with Crippen LogP contribution >= 0.6 is 0 Å². The molecular weight excluding hydrogens is 412 g/mol. The lowest BCUT2D eigenvalue weighted by Gasteiger charge is -2.17. The molecule has 3 heterocycles. The van der Waals surface area contributed by atoms with Crippen molar-refractivity contribution in [2.24, 2.45) is 0 Å². The van der Waals surface area contributed by atoms with Crippen molar-refractivity contribution >= 4 is 21.9 Å². The Bertz CT molecular complexity index is 1480. The van der Waals surface area contributed by atoms with E-state index in [4.69, 9.17) is 18.3 Å². The zero-order valence-electron chi connectivity index (χ0n) is 17.9. The van der Waals surface area contributed by atoms with E-state index in [9.17, 15) is 14.7 Å². The van der Waals surface area contributed by atoms with Crippen LogP contribution < -0.4 is 16.0 Å². The number of ether oxygens (including phenoxy) is 2. The molecule has 0 saturated carbocycles. The van der Waals surface area contributed by atoms with E-state index < -0.39 is 23.5 Å². The predicted molar refractivity (Wildman–Crippen MR) is 119 cm³/mol. The van der Waals surface area contributed by atoms with E-state index in [1.54, 1.807) is 18.2 Å². The van der Waals surface area contributed by atoms with E-state index in [-0.39, 0.29) is 22.5 Å². The Morgan fingerprint density at radius 1 is 0.875 bits per heavy atom. The van der Waals surface area contributed by atoms with E-state index in [2.05, 4.69) is 0 Å². The molecule has 0 bridgehead atoms. The first kappa shape index (κ1) is 20.3. The van der Waals surface area contributed by atoms with Crippen molar-refractivity contribution in [3.05, 3.63) is 79.5 Å². The zero-order valence-corrected chi connectivity index (χ0v) is 17.9. The topological polar surface area (TPSA) is 99.1 Å². The molecule has 4 aromatic rings. The molecule has 0 fully saturated rings. The molecule has 32 heavy (non-hydrogen) atoms. The van der Waals surface area contributed by atoms with Gasteiger partial charge in [0.05, 0.1) is 27.8 Å². The molecule has 0 radical (unpaired) electrons. The molecule has 0 spiro atoms. The summed E-state index contributed by atoms with van der Waals surface area (Å²) in [5, 5.41) is 12.1. The molecule has 2 atom stereocenters. The van der Waals surface area contributed by atoms with Crippen LogP contribution in [0.25, 0.3) is 21.9 Å². The van der Waals surface area contributed by atoms with Crippen LogP contribution in [-0.2, 0) is 17.6 Å². The Labute approximate surface area is 182 Å². The van der Waals surface area contributed by atoms with Gasteiger partial charge >= 0.3 is 11.3 Å². The number of hydrogen-bond donors (Lipinski definition) is 1. The molecule has 0 saturated heterocycles. The summed E-state index contributed by atoms with van der Waals surface area (Å²) < 4.78 is 22.5. The third-order valence-corrected chi connectivity index (χ3v) is 6.11. The number of fused-ring (bicyclic) bond motifs is 4. The number of methoxy groups -OCH3 is 1. The number of rotatable bonds is 4.